The molecule has 0 unspecified atom stereocenters. The van der Waals surface area contributed by atoms with Crippen LogP contribution in [0.5, 0.6) is 0 Å². The van der Waals surface area contributed by atoms with Gasteiger partial charge in [0.2, 0.25) is 0 Å². The number of amides is 2. The molecule has 0 fully saturated rings. The molecule has 22 heavy (non-hydrogen) atoms. The van der Waals surface area contributed by atoms with Crippen LogP contribution in [-0.2, 0) is 0 Å². The Morgan fingerprint density at radius 2 is 2.14 bits per heavy atom. The molecule has 0 saturated carbocycles. The molecule has 1 aromatic carbocycles. The molecule has 2 amide bonds. The molecule has 0 radical (unpaired) electrons. The molecular formula is C15H14BrN3O3. The third kappa shape index (κ3) is 2.48. The van der Waals surface area contributed by atoms with Crippen LogP contribution >= 0.6 is 15.9 Å². The fourth-order valence-corrected chi connectivity index (χ4v) is 3.20. The number of hydrogen-bond donors (Lipinski definition) is 3. The Balaban J connectivity index is 2.06. The Hall–Kier alpha value is -2.28. The summed E-state index contributed by atoms with van der Waals surface area (Å²) in [4.78, 5) is 27.0. The van der Waals surface area contributed by atoms with Crippen molar-refractivity contribution in [3.63, 3.8) is 0 Å². The van der Waals surface area contributed by atoms with Crippen molar-refractivity contribution in [3.8, 4) is 0 Å². The van der Waals surface area contributed by atoms with E-state index in [1.54, 1.807) is 6.07 Å². The van der Waals surface area contributed by atoms with Gasteiger partial charge in [-0.25, -0.2) is 4.79 Å². The van der Waals surface area contributed by atoms with Crippen molar-refractivity contribution >= 4 is 44.4 Å². The first kappa shape index (κ1) is 14.6. The number of aromatic amines is 1. The van der Waals surface area contributed by atoms with E-state index in [1.807, 2.05) is 18.3 Å². The van der Waals surface area contributed by atoms with Crippen molar-refractivity contribution < 1.29 is 14.7 Å². The quantitative estimate of drug-likeness (QED) is 0.764. The minimum atomic E-state index is -0.909. The zero-order valence-corrected chi connectivity index (χ0v) is 13.2. The second-order valence-electron chi connectivity index (χ2n) is 5.15. The van der Waals surface area contributed by atoms with Crippen molar-refractivity contribution in [1.29, 1.82) is 0 Å². The number of benzene rings is 1. The summed E-state index contributed by atoms with van der Waals surface area (Å²) in [5, 5.41) is 9.89. The van der Waals surface area contributed by atoms with Crippen molar-refractivity contribution in [2.24, 2.45) is 5.73 Å². The van der Waals surface area contributed by atoms with Crippen LogP contribution < -0.4 is 5.73 Å². The van der Waals surface area contributed by atoms with E-state index in [-0.39, 0.29) is 0 Å². The maximum atomic E-state index is 11.6. The lowest BCUT2D eigenvalue weighted by Crippen LogP contribution is -2.33. The van der Waals surface area contributed by atoms with Gasteiger partial charge < -0.3 is 20.7 Å². The summed E-state index contributed by atoms with van der Waals surface area (Å²) >= 11 is 3.40. The number of carbonyl (C=O) groups is 2. The first-order valence-corrected chi connectivity index (χ1v) is 7.54. The van der Waals surface area contributed by atoms with Crippen LogP contribution in [0.4, 0.5) is 4.79 Å². The molecule has 1 aliphatic heterocycles. The molecule has 1 aromatic heterocycles. The van der Waals surface area contributed by atoms with Gasteiger partial charge in [-0.05, 0) is 24.1 Å². The van der Waals surface area contributed by atoms with E-state index in [2.05, 4.69) is 20.9 Å². The third-order valence-corrected chi connectivity index (χ3v) is 4.30. The first-order valence-electron chi connectivity index (χ1n) is 6.75. The summed E-state index contributed by atoms with van der Waals surface area (Å²) in [7, 11) is 0. The average Bonchev–Trinajstić information content (AvgIpc) is 2.89. The highest BCUT2D eigenvalue weighted by Crippen LogP contribution is 2.32. The Kier molecular flexibility index (Phi) is 3.66. The van der Waals surface area contributed by atoms with Crippen LogP contribution in [-0.4, -0.2) is 40.1 Å². The number of halogens is 1. The minimum Gasteiger partial charge on any atom is -0.465 e. The highest BCUT2D eigenvalue weighted by atomic mass is 79.9. The van der Waals surface area contributed by atoms with Crippen LogP contribution in [0.25, 0.3) is 16.5 Å². The number of nitrogens with two attached hydrogens (primary N) is 1. The summed E-state index contributed by atoms with van der Waals surface area (Å²) in [6, 6.07) is 3.62. The molecular weight excluding hydrogens is 350 g/mol. The number of carbonyl (C=O) groups excluding carboxylic acids is 1. The Labute approximate surface area is 134 Å². The number of nitrogens with zero attached hydrogens (tertiary/aromatic N) is 1. The van der Waals surface area contributed by atoms with E-state index in [4.69, 9.17) is 10.8 Å². The predicted molar refractivity (Wildman–Crippen MR) is 86.7 cm³/mol. The second-order valence-corrected chi connectivity index (χ2v) is 6.07. The van der Waals surface area contributed by atoms with Crippen molar-refractivity contribution in [2.75, 3.05) is 13.1 Å². The molecule has 0 aliphatic carbocycles. The van der Waals surface area contributed by atoms with Gasteiger partial charge in [-0.2, -0.15) is 0 Å². The molecule has 1 aliphatic rings. The van der Waals surface area contributed by atoms with E-state index in [0.717, 1.165) is 21.0 Å². The first-order chi connectivity index (χ1) is 10.5. The van der Waals surface area contributed by atoms with E-state index < -0.39 is 12.0 Å². The van der Waals surface area contributed by atoms with Gasteiger partial charge in [0.25, 0.3) is 5.91 Å². The summed E-state index contributed by atoms with van der Waals surface area (Å²) < 4.78 is 0.776. The summed E-state index contributed by atoms with van der Waals surface area (Å²) in [6.45, 7) is 0.832. The van der Waals surface area contributed by atoms with Gasteiger partial charge in [0.1, 0.15) is 0 Å². The van der Waals surface area contributed by atoms with Gasteiger partial charge in [0, 0.05) is 34.7 Å². The molecule has 2 heterocycles. The Morgan fingerprint density at radius 1 is 1.36 bits per heavy atom. The monoisotopic (exact) mass is 363 g/mol. The highest BCUT2D eigenvalue weighted by Gasteiger charge is 2.20. The normalized spacial score (nSPS) is 15.0. The van der Waals surface area contributed by atoms with E-state index in [0.29, 0.717) is 30.6 Å². The number of fused-ring (bicyclic) bond motifs is 1. The molecule has 7 heteroatoms. The van der Waals surface area contributed by atoms with Gasteiger partial charge in [-0.3, -0.25) is 4.79 Å². The lowest BCUT2D eigenvalue weighted by atomic mass is 9.98. The van der Waals surface area contributed by atoms with Crippen LogP contribution in [0.3, 0.4) is 0 Å². The van der Waals surface area contributed by atoms with Gasteiger partial charge >= 0.3 is 6.09 Å². The molecule has 2 aromatic rings. The standard InChI is InChI=1S/C15H14BrN3O3/c16-9-5-10-12(7-18-13(10)11(6-9)14(17)20)8-1-3-19(4-2-8)15(21)22/h1,5-7,18H,2-4H2,(H2,17,20)(H,21,22). The van der Waals surface area contributed by atoms with E-state index in [9.17, 15) is 9.59 Å². The number of hydrogen-bond acceptors (Lipinski definition) is 2. The van der Waals surface area contributed by atoms with E-state index >= 15 is 0 Å². The van der Waals surface area contributed by atoms with Gasteiger partial charge in [0.15, 0.2) is 0 Å². The third-order valence-electron chi connectivity index (χ3n) is 3.85. The lowest BCUT2D eigenvalue weighted by Gasteiger charge is -2.23. The van der Waals surface area contributed by atoms with Gasteiger partial charge in [-0.1, -0.05) is 22.0 Å². The number of H-pyrrole nitrogens is 1. The largest absolute Gasteiger partial charge is 0.465 e. The molecule has 0 atom stereocenters. The van der Waals surface area contributed by atoms with Crippen molar-refractivity contribution in [2.45, 2.75) is 6.42 Å². The van der Waals surface area contributed by atoms with E-state index in [1.165, 1.54) is 4.90 Å². The summed E-state index contributed by atoms with van der Waals surface area (Å²) in [6.07, 6.45) is 3.47. The smallest absolute Gasteiger partial charge is 0.407 e. The molecule has 6 nitrogen and oxygen atoms in total. The van der Waals surface area contributed by atoms with Crippen LogP contribution in [0.1, 0.15) is 22.3 Å². The Bertz CT molecular complexity index is 810. The molecule has 0 spiro atoms. The molecule has 3 rings (SSSR count). The molecule has 4 N–H and O–H groups in total. The lowest BCUT2D eigenvalue weighted by molar-refractivity contribution is 0.100. The zero-order valence-electron chi connectivity index (χ0n) is 11.6. The predicted octanol–water partition coefficient (Wildman–Crippen LogP) is 2.80. The fraction of sp³-hybridized carbons (Fsp3) is 0.200. The number of rotatable bonds is 2. The Morgan fingerprint density at radius 3 is 2.73 bits per heavy atom. The number of nitrogens with one attached hydrogen (secondary N) is 1. The van der Waals surface area contributed by atoms with Crippen LogP contribution in [0.15, 0.2) is 28.9 Å². The maximum absolute atomic E-state index is 11.6. The van der Waals surface area contributed by atoms with Crippen LogP contribution in [0.2, 0.25) is 0 Å². The summed E-state index contributed by atoms with van der Waals surface area (Å²) in [5.74, 6) is -0.491. The molecule has 114 valence electrons. The average molecular weight is 364 g/mol. The van der Waals surface area contributed by atoms with Gasteiger partial charge in [-0.15, -0.1) is 0 Å². The summed E-state index contributed by atoms with van der Waals surface area (Å²) in [5.41, 5.74) is 8.60. The topological polar surface area (TPSA) is 99.4 Å². The molecule has 0 saturated heterocycles. The number of primary amides is 1. The SMILES string of the molecule is NC(=O)c1cc(Br)cc2c(C3=CCN(C(=O)O)CC3)c[nH]c12. The fourth-order valence-electron chi connectivity index (χ4n) is 2.74. The van der Waals surface area contributed by atoms with Crippen molar-refractivity contribution in [1.82, 2.24) is 9.88 Å². The second kappa shape index (κ2) is 5.49. The van der Waals surface area contributed by atoms with Gasteiger partial charge in [0.05, 0.1) is 11.1 Å². The number of carboxylic acid groups (broad SMARTS) is 1. The highest BCUT2D eigenvalue weighted by molar-refractivity contribution is 9.10. The number of aromatic nitrogens is 1. The minimum absolute atomic E-state index is 0.369. The molecule has 0 bridgehead atoms. The van der Waals surface area contributed by atoms with Crippen LogP contribution in [0, 0.1) is 0 Å². The maximum Gasteiger partial charge on any atom is 0.407 e. The van der Waals surface area contributed by atoms with Crippen molar-refractivity contribution in [3.05, 3.63) is 40.0 Å². The zero-order chi connectivity index (χ0) is 15.9.